The van der Waals surface area contributed by atoms with Gasteiger partial charge in [-0.05, 0) is 25.0 Å². The van der Waals surface area contributed by atoms with Crippen LogP contribution < -0.4 is 19.5 Å². The fourth-order valence-electron chi connectivity index (χ4n) is 3.15. The third-order valence-corrected chi connectivity index (χ3v) is 6.06. The van der Waals surface area contributed by atoms with E-state index in [1.807, 2.05) is 0 Å². The van der Waals surface area contributed by atoms with Gasteiger partial charge in [0.05, 0.1) is 23.9 Å². The maximum atomic E-state index is 13.0. The van der Waals surface area contributed by atoms with Crippen molar-refractivity contribution < 1.29 is 36.2 Å². The van der Waals surface area contributed by atoms with E-state index < -0.39 is 35.1 Å². The number of aryl methyl sites for hydroxylation is 1. The van der Waals surface area contributed by atoms with Gasteiger partial charge in [-0.3, -0.25) is 4.68 Å². The van der Waals surface area contributed by atoms with Crippen LogP contribution in [0.3, 0.4) is 0 Å². The highest BCUT2D eigenvalue weighted by Gasteiger charge is 2.32. The van der Waals surface area contributed by atoms with E-state index in [9.17, 15) is 26.7 Å². The molecule has 182 valence electrons. The Morgan fingerprint density at radius 1 is 1.39 bits per heavy atom. The zero-order valence-electron chi connectivity index (χ0n) is 17.2. The molecule has 10 nitrogen and oxygen atoms in total. The number of amidine groups is 1. The highest BCUT2D eigenvalue weighted by atomic mass is 35.5. The van der Waals surface area contributed by atoms with Gasteiger partial charge in [-0.25, -0.2) is 4.31 Å². The lowest BCUT2D eigenvalue weighted by Crippen LogP contribution is -2.44. The van der Waals surface area contributed by atoms with Crippen molar-refractivity contribution in [3.63, 3.8) is 0 Å². The summed E-state index contributed by atoms with van der Waals surface area (Å²) in [5.74, 6) is -0.267. The fraction of sp³-hybridized carbons (Fsp3) is 0.444. The van der Waals surface area contributed by atoms with Crippen LogP contribution in [0, 0.1) is 0 Å². The molecular weight excluding hydrogens is 491 g/mol. The molecule has 1 N–H and O–H groups in total. The number of rotatable bonds is 7. The number of anilines is 2. The number of ether oxygens (including phenoxy) is 2. The van der Waals surface area contributed by atoms with Crippen LogP contribution in [0.25, 0.3) is 0 Å². The van der Waals surface area contributed by atoms with Gasteiger partial charge in [-0.2, -0.15) is 26.7 Å². The molecule has 1 fully saturated rings. The molecule has 0 spiro atoms. The average Bonchev–Trinajstić information content (AvgIpc) is 3.11. The Labute approximate surface area is 192 Å². The summed E-state index contributed by atoms with van der Waals surface area (Å²) in [6.07, 6.45) is -0.989. The molecular formula is C18H20ClF3N5O5S-. The van der Waals surface area contributed by atoms with Crippen molar-refractivity contribution in [2.45, 2.75) is 25.1 Å². The molecule has 0 amide bonds. The number of nitrogens with one attached hydrogen (secondary N) is 1. The van der Waals surface area contributed by atoms with Crippen LogP contribution in [0.15, 0.2) is 35.0 Å². The van der Waals surface area contributed by atoms with Gasteiger partial charge in [0.1, 0.15) is 5.75 Å². The van der Waals surface area contributed by atoms with E-state index in [2.05, 4.69) is 19.6 Å². The normalized spacial score (nSPS) is 16.0. The van der Waals surface area contributed by atoms with Crippen molar-refractivity contribution in [1.29, 1.82) is 0 Å². The molecule has 0 atom stereocenters. The van der Waals surface area contributed by atoms with Crippen LogP contribution in [0.1, 0.15) is 12.8 Å². The first-order valence-corrected chi connectivity index (χ1v) is 11.4. The molecule has 0 radical (unpaired) electrons. The van der Waals surface area contributed by atoms with Crippen molar-refractivity contribution in [3.05, 3.63) is 35.6 Å². The van der Waals surface area contributed by atoms with Crippen LogP contribution in [-0.4, -0.2) is 56.3 Å². The Balaban J connectivity index is 1.83. The molecule has 15 heteroatoms. The molecule has 1 aromatic carbocycles. The molecule has 1 aromatic heterocycles. The number of hydrogen-bond donors (Lipinski definition) is 1. The predicted molar refractivity (Wildman–Crippen MR) is 113 cm³/mol. The van der Waals surface area contributed by atoms with Crippen molar-refractivity contribution >= 4 is 39.2 Å². The van der Waals surface area contributed by atoms with Crippen LogP contribution >= 0.6 is 11.6 Å². The Bertz CT molecular complexity index is 1100. The molecule has 1 saturated heterocycles. The van der Waals surface area contributed by atoms with Gasteiger partial charge in [0.2, 0.25) is 0 Å². The van der Waals surface area contributed by atoms with Gasteiger partial charge < -0.3 is 19.9 Å². The Morgan fingerprint density at radius 2 is 2.09 bits per heavy atom. The molecule has 0 bridgehead atoms. The minimum Gasteiger partial charge on any atom is -0.845 e. The topological polar surface area (TPSA) is 121 Å². The van der Waals surface area contributed by atoms with Gasteiger partial charge in [0.25, 0.3) is 0 Å². The summed E-state index contributed by atoms with van der Waals surface area (Å²) in [6, 6.07) is 1.62. The standard InChI is InChI=1S/C18H21ClF3N5O5S/c1-26-10-15(9-23-26)27(14-2-4-31-5-3-14)33(29,30)25-17(28)24-13-6-12(19)7-16(8-13)32-11-18(20,21)22/h6-10,14H,2-5,11H2,1H3,(H2,24,25,28)/p-1. The van der Waals surface area contributed by atoms with Crippen molar-refractivity contribution in [3.8, 4) is 5.75 Å². The number of halogens is 4. The number of nitrogens with zero attached hydrogens (tertiary/aromatic N) is 4. The van der Waals surface area contributed by atoms with E-state index in [1.165, 1.54) is 23.1 Å². The first kappa shape index (κ1) is 24.9. The number of benzene rings is 1. The minimum absolute atomic E-state index is 0.0352. The van der Waals surface area contributed by atoms with Crippen molar-refractivity contribution in [2.75, 3.05) is 29.4 Å². The van der Waals surface area contributed by atoms with Crippen LogP contribution in [-0.2, 0) is 22.0 Å². The first-order chi connectivity index (χ1) is 15.4. The maximum Gasteiger partial charge on any atom is 0.422 e. The van der Waals surface area contributed by atoms with Crippen LogP contribution in [0.5, 0.6) is 5.75 Å². The van der Waals surface area contributed by atoms with E-state index in [1.54, 1.807) is 7.05 Å². The Hall–Kier alpha value is -2.71. The molecule has 3 rings (SSSR count). The quantitative estimate of drug-likeness (QED) is 0.447. The minimum atomic E-state index is -4.57. The second-order valence-corrected chi connectivity index (χ2v) is 9.00. The number of alkyl halides is 3. The van der Waals surface area contributed by atoms with Crippen molar-refractivity contribution in [1.82, 2.24) is 9.78 Å². The van der Waals surface area contributed by atoms with Gasteiger partial charge in [0.15, 0.2) is 6.61 Å². The second-order valence-electron chi connectivity index (χ2n) is 7.09. The highest BCUT2D eigenvalue weighted by Crippen LogP contribution is 2.28. The lowest BCUT2D eigenvalue weighted by atomic mass is 10.1. The van der Waals surface area contributed by atoms with Crippen molar-refractivity contribution in [2.24, 2.45) is 11.4 Å². The zero-order valence-corrected chi connectivity index (χ0v) is 18.8. The molecule has 1 aliphatic rings. The van der Waals surface area contributed by atoms with Crippen LogP contribution in [0.4, 0.5) is 24.5 Å². The highest BCUT2D eigenvalue weighted by molar-refractivity contribution is 7.91. The molecule has 0 unspecified atom stereocenters. The van der Waals surface area contributed by atoms with E-state index in [0.29, 0.717) is 26.1 Å². The second kappa shape index (κ2) is 10.1. The smallest absolute Gasteiger partial charge is 0.422 e. The van der Waals surface area contributed by atoms with Gasteiger partial charge in [-0.15, -0.1) is 4.40 Å². The third kappa shape index (κ3) is 7.14. The summed E-state index contributed by atoms with van der Waals surface area (Å²) >= 11 is 5.86. The van der Waals surface area contributed by atoms with E-state index >= 15 is 0 Å². The zero-order chi connectivity index (χ0) is 24.2. The molecule has 2 aromatic rings. The Morgan fingerprint density at radius 3 is 2.70 bits per heavy atom. The van der Waals surface area contributed by atoms with Crippen LogP contribution in [0.2, 0.25) is 5.02 Å². The van der Waals surface area contributed by atoms with E-state index in [4.69, 9.17) is 16.3 Å². The molecule has 1 aliphatic heterocycles. The van der Waals surface area contributed by atoms with E-state index in [-0.39, 0.29) is 22.1 Å². The average molecular weight is 511 g/mol. The predicted octanol–water partition coefficient (Wildman–Crippen LogP) is 2.07. The lowest BCUT2D eigenvalue weighted by molar-refractivity contribution is -0.213. The monoisotopic (exact) mass is 510 g/mol. The Kier molecular flexibility index (Phi) is 7.59. The number of hydrogen-bond acceptors (Lipinski definition) is 6. The molecule has 0 saturated carbocycles. The largest absolute Gasteiger partial charge is 0.845 e. The maximum absolute atomic E-state index is 13.0. The fourth-order valence-corrected chi connectivity index (χ4v) is 4.67. The lowest BCUT2D eigenvalue weighted by Gasteiger charge is -2.32. The summed E-state index contributed by atoms with van der Waals surface area (Å²) in [5, 5.41) is 18.5. The summed E-state index contributed by atoms with van der Waals surface area (Å²) in [7, 11) is -2.90. The SMILES string of the molecule is Cn1cc(N(C2CCOCC2)S(=O)(=O)/N=C(\[O-])Nc2cc(Cl)cc(OCC(F)(F)F)c2)cn1. The molecule has 2 heterocycles. The first-order valence-electron chi connectivity index (χ1n) is 9.58. The van der Waals surface area contributed by atoms with Gasteiger partial charge >= 0.3 is 16.4 Å². The molecule has 33 heavy (non-hydrogen) atoms. The third-order valence-electron chi connectivity index (χ3n) is 4.44. The summed E-state index contributed by atoms with van der Waals surface area (Å²) in [6.45, 7) is -0.886. The summed E-state index contributed by atoms with van der Waals surface area (Å²) < 4.78 is 78.8. The van der Waals surface area contributed by atoms with Gasteiger partial charge in [0, 0.05) is 43.2 Å². The van der Waals surface area contributed by atoms with E-state index in [0.717, 1.165) is 16.4 Å². The molecule has 0 aliphatic carbocycles. The summed E-state index contributed by atoms with van der Waals surface area (Å²) in [4.78, 5) is 0. The van der Waals surface area contributed by atoms with Gasteiger partial charge in [-0.1, -0.05) is 11.6 Å². The summed E-state index contributed by atoms with van der Waals surface area (Å²) in [5.41, 5.74) is 0.133. The number of aromatic nitrogens is 2.